The van der Waals surface area contributed by atoms with Crippen molar-refractivity contribution >= 4 is 11.8 Å². The summed E-state index contributed by atoms with van der Waals surface area (Å²) in [6.07, 6.45) is 0. The molecule has 0 bridgehead atoms. The van der Waals surface area contributed by atoms with Crippen LogP contribution >= 0.6 is 0 Å². The third kappa shape index (κ3) is 3.10. The third-order valence-corrected chi connectivity index (χ3v) is 2.47. The van der Waals surface area contributed by atoms with Gasteiger partial charge < -0.3 is 9.42 Å². The van der Waals surface area contributed by atoms with Gasteiger partial charge in [0.05, 0.1) is 0 Å². The highest BCUT2D eigenvalue weighted by Gasteiger charge is 2.11. The second-order valence-electron chi connectivity index (χ2n) is 4.09. The van der Waals surface area contributed by atoms with Crippen molar-refractivity contribution in [3.63, 3.8) is 0 Å². The fraction of sp³-hybridized carbons (Fsp3) is 0.231. The number of nitrogens with one attached hydrogen (secondary N) is 1. The number of anilines is 1. The molecule has 1 N–H and O–H groups in total. The number of aryl methyl sites for hydroxylation is 1. The van der Waals surface area contributed by atoms with Crippen LogP contribution in [0.25, 0.3) is 0 Å². The standard InChI is InChI=1S/C13H15N3O2/c1-10-8-12(15-18-10)14-13(17)16(2)9-11-6-4-3-5-7-11/h3-8H,9H2,1-2H3,(H,14,15,17). The van der Waals surface area contributed by atoms with E-state index in [1.807, 2.05) is 30.3 Å². The Balaban J connectivity index is 1.93. The Bertz CT molecular complexity index is 522. The van der Waals surface area contributed by atoms with Crippen molar-refractivity contribution < 1.29 is 9.32 Å². The van der Waals surface area contributed by atoms with Crippen LogP contribution in [0.15, 0.2) is 40.9 Å². The van der Waals surface area contributed by atoms with Crippen LogP contribution in [0.5, 0.6) is 0 Å². The van der Waals surface area contributed by atoms with Crippen LogP contribution in [-0.4, -0.2) is 23.1 Å². The smallest absolute Gasteiger partial charge is 0.323 e. The third-order valence-electron chi connectivity index (χ3n) is 2.47. The minimum atomic E-state index is -0.216. The van der Waals surface area contributed by atoms with Crippen LogP contribution in [0.1, 0.15) is 11.3 Å². The number of amides is 2. The molecule has 0 atom stereocenters. The molecule has 1 aromatic carbocycles. The summed E-state index contributed by atoms with van der Waals surface area (Å²) in [7, 11) is 1.73. The van der Waals surface area contributed by atoms with Crippen molar-refractivity contribution in [1.82, 2.24) is 10.1 Å². The average molecular weight is 245 g/mol. The maximum Gasteiger partial charge on any atom is 0.323 e. The number of urea groups is 1. The predicted octanol–water partition coefficient (Wildman–Crippen LogP) is 2.65. The van der Waals surface area contributed by atoms with Crippen molar-refractivity contribution in [1.29, 1.82) is 0 Å². The van der Waals surface area contributed by atoms with Crippen LogP contribution in [0.2, 0.25) is 0 Å². The number of carbonyl (C=O) groups is 1. The van der Waals surface area contributed by atoms with Gasteiger partial charge in [-0.2, -0.15) is 0 Å². The lowest BCUT2D eigenvalue weighted by molar-refractivity contribution is 0.220. The van der Waals surface area contributed by atoms with Gasteiger partial charge in [0.15, 0.2) is 5.82 Å². The van der Waals surface area contributed by atoms with Crippen LogP contribution in [0.3, 0.4) is 0 Å². The van der Waals surface area contributed by atoms with E-state index in [0.29, 0.717) is 18.1 Å². The van der Waals surface area contributed by atoms with Gasteiger partial charge in [0.25, 0.3) is 0 Å². The average Bonchev–Trinajstić information content (AvgIpc) is 2.76. The van der Waals surface area contributed by atoms with E-state index in [-0.39, 0.29) is 6.03 Å². The molecular formula is C13H15N3O2. The topological polar surface area (TPSA) is 58.4 Å². The van der Waals surface area contributed by atoms with Crippen molar-refractivity contribution in [3.05, 3.63) is 47.7 Å². The first-order chi connectivity index (χ1) is 8.65. The highest BCUT2D eigenvalue weighted by Crippen LogP contribution is 2.09. The number of carbonyl (C=O) groups excluding carboxylic acids is 1. The van der Waals surface area contributed by atoms with Gasteiger partial charge in [0, 0.05) is 19.7 Å². The van der Waals surface area contributed by atoms with E-state index < -0.39 is 0 Å². The summed E-state index contributed by atoms with van der Waals surface area (Å²) >= 11 is 0. The second-order valence-corrected chi connectivity index (χ2v) is 4.09. The zero-order chi connectivity index (χ0) is 13.0. The first kappa shape index (κ1) is 12.2. The van der Waals surface area contributed by atoms with Crippen LogP contribution < -0.4 is 5.32 Å². The lowest BCUT2D eigenvalue weighted by Crippen LogP contribution is -2.30. The maximum atomic E-state index is 11.9. The molecule has 94 valence electrons. The molecule has 0 spiro atoms. The van der Waals surface area contributed by atoms with Gasteiger partial charge in [0.2, 0.25) is 0 Å². The second kappa shape index (κ2) is 5.35. The Labute approximate surface area is 105 Å². The summed E-state index contributed by atoms with van der Waals surface area (Å²) in [6, 6.07) is 11.3. The Morgan fingerprint density at radius 1 is 1.39 bits per heavy atom. The number of aromatic nitrogens is 1. The first-order valence-electron chi connectivity index (χ1n) is 5.64. The minimum Gasteiger partial charge on any atom is -0.360 e. The van der Waals surface area contributed by atoms with Gasteiger partial charge in [-0.05, 0) is 12.5 Å². The van der Waals surface area contributed by atoms with E-state index in [1.54, 1.807) is 24.9 Å². The highest BCUT2D eigenvalue weighted by atomic mass is 16.5. The monoisotopic (exact) mass is 245 g/mol. The van der Waals surface area contributed by atoms with Gasteiger partial charge in [0.1, 0.15) is 5.76 Å². The van der Waals surface area contributed by atoms with Crippen LogP contribution in [0, 0.1) is 6.92 Å². The van der Waals surface area contributed by atoms with Crippen LogP contribution in [0.4, 0.5) is 10.6 Å². The molecule has 5 heteroatoms. The summed E-state index contributed by atoms with van der Waals surface area (Å²) < 4.78 is 4.88. The van der Waals surface area contributed by atoms with Crippen molar-refractivity contribution in [3.8, 4) is 0 Å². The Morgan fingerprint density at radius 2 is 2.11 bits per heavy atom. The number of hydrogen-bond acceptors (Lipinski definition) is 3. The van der Waals surface area contributed by atoms with Gasteiger partial charge in [-0.15, -0.1) is 0 Å². The molecule has 2 aromatic rings. The Morgan fingerprint density at radius 3 is 2.72 bits per heavy atom. The fourth-order valence-electron chi connectivity index (χ4n) is 1.56. The number of nitrogens with zero attached hydrogens (tertiary/aromatic N) is 2. The van der Waals surface area contributed by atoms with E-state index in [9.17, 15) is 4.79 Å². The van der Waals surface area contributed by atoms with Gasteiger partial charge >= 0.3 is 6.03 Å². The van der Waals surface area contributed by atoms with Crippen molar-refractivity contribution in [2.45, 2.75) is 13.5 Å². The molecule has 2 rings (SSSR count). The predicted molar refractivity (Wildman–Crippen MR) is 68.2 cm³/mol. The molecule has 0 aliphatic heterocycles. The fourth-order valence-corrected chi connectivity index (χ4v) is 1.56. The molecule has 0 saturated carbocycles. The maximum absolute atomic E-state index is 11.9. The molecule has 0 aliphatic carbocycles. The van der Waals surface area contributed by atoms with Gasteiger partial charge in [-0.25, -0.2) is 4.79 Å². The van der Waals surface area contributed by atoms with E-state index in [0.717, 1.165) is 5.56 Å². The number of rotatable bonds is 3. The molecule has 0 fully saturated rings. The van der Waals surface area contributed by atoms with Gasteiger partial charge in [-0.1, -0.05) is 35.5 Å². The number of benzene rings is 1. The van der Waals surface area contributed by atoms with Crippen LogP contribution in [-0.2, 0) is 6.54 Å². The molecule has 0 radical (unpaired) electrons. The lowest BCUT2D eigenvalue weighted by Gasteiger charge is -2.16. The molecule has 0 saturated heterocycles. The Kier molecular flexibility index (Phi) is 3.62. The number of hydrogen-bond donors (Lipinski definition) is 1. The lowest BCUT2D eigenvalue weighted by atomic mass is 10.2. The molecule has 1 heterocycles. The van der Waals surface area contributed by atoms with E-state index in [2.05, 4.69) is 10.5 Å². The molecule has 5 nitrogen and oxygen atoms in total. The molecule has 2 amide bonds. The summed E-state index contributed by atoms with van der Waals surface area (Å²) in [5, 5.41) is 6.38. The van der Waals surface area contributed by atoms with Crippen molar-refractivity contribution in [2.75, 3.05) is 12.4 Å². The largest absolute Gasteiger partial charge is 0.360 e. The molecule has 1 aromatic heterocycles. The van der Waals surface area contributed by atoms with E-state index in [1.165, 1.54) is 0 Å². The minimum absolute atomic E-state index is 0.216. The molecule has 0 aliphatic rings. The van der Waals surface area contributed by atoms with Gasteiger partial charge in [-0.3, -0.25) is 5.32 Å². The normalized spacial score (nSPS) is 10.1. The highest BCUT2D eigenvalue weighted by molar-refractivity contribution is 5.87. The van der Waals surface area contributed by atoms with E-state index in [4.69, 9.17) is 4.52 Å². The zero-order valence-electron chi connectivity index (χ0n) is 10.4. The summed E-state index contributed by atoms with van der Waals surface area (Å²) in [5.41, 5.74) is 1.08. The Hall–Kier alpha value is -2.30. The summed E-state index contributed by atoms with van der Waals surface area (Å²) in [6.45, 7) is 2.32. The molecule has 0 unspecified atom stereocenters. The summed E-state index contributed by atoms with van der Waals surface area (Å²) in [5.74, 6) is 1.09. The first-order valence-corrected chi connectivity index (χ1v) is 5.64. The molecule has 18 heavy (non-hydrogen) atoms. The molecular weight excluding hydrogens is 230 g/mol. The zero-order valence-corrected chi connectivity index (χ0v) is 10.4. The summed E-state index contributed by atoms with van der Waals surface area (Å²) in [4.78, 5) is 13.4. The SMILES string of the molecule is Cc1cc(NC(=O)N(C)Cc2ccccc2)no1. The van der Waals surface area contributed by atoms with E-state index >= 15 is 0 Å². The van der Waals surface area contributed by atoms with Crippen molar-refractivity contribution in [2.24, 2.45) is 0 Å². The quantitative estimate of drug-likeness (QED) is 0.904.